The van der Waals surface area contributed by atoms with Gasteiger partial charge in [-0.3, -0.25) is 9.52 Å². The molecule has 0 aliphatic carbocycles. The van der Waals surface area contributed by atoms with Crippen molar-refractivity contribution in [1.29, 1.82) is 0 Å². The van der Waals surface area contributed by atoms with Crippen molar-refractivity contribution in [3.8, 4) is 11.5 Å². The molecule has 0 saturated heterocycles. The topological polar surface area (TPSA) is 93.7 Å². The van der Waals surface area contributed by atoms with Crippen LogP contribution in [0, 0.1) is 20.8 Å². The van der Waals surface area contributed by atoms with Gasteiger partial charge >= 0.3 is 0 Å². The highest BCUT2D eigenvalue weighted by atomic mass is 32.2. The van der Waals surface area contributed by atoms with Gasteiger partial charge < -0.3 is 14.8 Å². The van der Waals surface area contributed by atoms with E-state index < -0.39 is 15.9 Å². The average Bonchev–Trinajstić information content (AvgIpc) is 2.75. The SMILES string of the molecule is COc1ccc(OC)c(NC(=O)c2ccc(C)c(S(=O)(=O)Nc3ccc(C)cc3C)c2)c1. The van der Waals surface area contributed by atoms with Crippen molar-refractivity contribution in [2.45, 2.75) is 25.7 Å². The first-order chi connectivity index (χ1) is 15.1. The third-order valence-corrected chi connectivity index (χ3v) is 6.53. The summed E-state index contributed by atoms with van der Waals surface area (Å²) in [4.78, 5) is 12.9. The summed E-state index contributed by atoms with van der Waals surface area (Å²) < 4.78 is 39.3. The second-order valence-corrected chi connectivity index (χ2v) is 9.08. The van der Waals surface area contributed by atoms with Gasteiger partial charge in [0, 0.05) is 11.6 Å². The number of aryl methyl sites for hydroxylation is 3. The Hall–Kier alpha value is -3.52. The summed E-state index contributed by atoms with van der Waals surface area (Å²) in [5, 5.41) is 2.76. The maximum atomic E-state index is 13.1. The maximum absolute atomic E-state index is 13.1. The van der Waals surface area contributed by atoms with Crippen LogP contribution >= 0.6 is 0 Å². The zero-order valence-electron chi connectivity index (χ0n) is 18.6. The molecule has 0 heterocycles. The van der Waals surface area contributed by atoms with Gasteiger partial charge in [-0.1, -0.05) is 23.8 Å². The molecule has 0 radical (unpaired) electrons. The van der Waals surface area contributed by atoms with E-state index in [1.165, 1.54) is 20.3 Å². The number of ether oxygens (including phenoxy) is 2. The number of sulfonamides is 1. The molecule has 8 heteroatoms. The van der Waals surface area contributed by atoms with Crippen molar-refractivity contribution in [3.05, 3.63) is 76.9 Å². The van der Waals surface area contributed by atoms with E-state index in [2.05, 4.69) is 10.0 Å². The quantitative estimate of drug-likeness (QED) is 0.541. The molecule has 1 amide bonds. The molecule has 0 aliphatic heterocycles. The van der Waals surface area contributed by atoms with Gasteiger partial charge in [-0.15, -0.1) is 0 Å². The number of carbonyl (C=O) groups is 1. The van der Waals surface area contributed by atoms with Crippen LogP contribution in [-0.2, 0) is 10.0 Å². The fourth-order valence-electron chi connectivity index (χ4n) is 3.26. The van der Waals surface area contributed by atoms with Crippen LogP contribution < -0.4 is 19.5 Å². The van der Waals surface area contributed by atoms with Crippen molar-refractivity contribution >= 4 is 27.3 Å². The monoisotopic (exact) mass is 454 g/mol. The molecule has 0 saturated carbocycles. The van der Waals surface area contributed by atoms with E-state index >= 15 is 0 Å². The fraction of sp³-hybridized carbons (Fsp3) is 0.208. The number of nitrogens with one attached hydrogen (secondary N) is 2. The lowest BCUT2D eigenvalue weighted by atomic mass is 10.1. The Bertz CT molecular complexity index is 1270. The predicted molar refractivity (Wildman–Crippen MR) is 125 cm³/mol. The molecule has 0 unspecified atom stereocenters. The van der Waals surface area contributed by atoms with E-state index in [0.29, 0.717) is 28.4 Å². The molecule has 0 spiro atoms. The van der Waals surface area contributed by atoms with Crippen LogP contribution in [0.15, 0.2) is 59.5 Å². The van der Waals surface area contributed by atoms with Gasteiger partial charge in [0.1, 0.15) is 11.5 Å². The van der Waals surface area contributed by atoms with Crippen molar-refractivity contribution in [1.82, 2.24) is 0 Å². The standard InChI is InChI=1S/C24H26N2O5S/c1-15-6-10-20(17(3)12-15)26-32(28,29)23-13-18(8-7-16(23)2)24(27)25-21-14-19(30-4)9-11-22(21)31-5/h6-14,26H,1-5H3,(H,25,27). The zero-order chi connectivity index (χ0) is 23.5. The van der Waals surface area contributed by atoms with Crippen LogP contribution in [0.3, 0.4) is 0 Å². The number of benzene rings is 3. The third-order valence-electron chi connectivity index (χ3n) is 5.02. The van der Waals surface area contributed by atoms with Gasteiger partial charge in [-0.2, -0.15) is 0 Å². The fourth-order valence-corrected chi connectivity index (χ4v) is 4.67. The van der Waals surface area contributed by atoms with E-state index in [-0.39, 0.29) is 10.5 Å². The summed E-state index contributed by atoms with van der Waals surface area (Å²) in [6.07, 6.45) is 0. The number of hydrogen-bond acceptors (Lipinski definition) is 5. The number of rotatable bonds is 7. The molecule has 0 aliphatic rings. The molecule has 3 aromatic carbocycles. The number of carbonyl (C=O) groups excluding carboxylic acids is 1. The second-order valence-electron chi connectivity index (χ2n) is 7.42. The summed E-state index contributed by atoms with van der Waals surface area (Å²) in [6, 6.07) is 15.0. The number of anilines is 2. The Labute approximate surface area is 188 Å². The van der Waals surface area contributed by atoms with Crippen LogP contribution in [0.5, 0.6) is 11.5 Å². The molecular formula is C24H26N2O5S. The summed E-state index contributed by atoms with van der Waals surface area (Å²) in [6.45, 7) is 5.46. The average molecular weight is 455 g/mol. The van der Waals surface area contributed by atoms with Crippen LogP contribution in [0.1, 0.15) is 27.0 Å². The number of hydrogen-bond donors (Lipinski definition) is 2. The predicted octanol–water partition coefficient (Wildman–Crippen LogP) is 4.68. The highest BCUT2D eigenvalue weighted by molar-refractivity contribution is 7.92. The van der Waals surface area contributed by atoms with E-state index in [4.69, 9.17) is 9.47 Å². The minimum Gasteiger partial charge on any atom is -0.497 e. The van der Waals surface area contributed by atoms with Gasteiger partial charge in [0.15, 0.2) is 0 Å². The first-order valence-corrected chi connectivity index (χ1v) is 11.4. The minimum absolute atomic E-state index is 0.0303. The van der Waals surface area contributed by atoms with Gasteiger partial charge in [0.25, 0.3) is 15.9 Å². The molecule has 32 heavy (non-hydrogen) atoms. The smallest absolute Gasteiger partial charge is 0.262 e. The Balaban J connectivity index is 1.92. The summed E-state index contributed by atoms with van der Waals surface area (Å²) >= 11 is 0. The molecule has 0 bridgehead atoms. The first-order valence-electron chi connectivity index (χ1n) is 9.88. The Morgan fingerprint density at radius 2 is 1.56 bits per heavy atom. The normalized spacial score (nSPS) is 11.0. The molecule has 168 valence electrons. The Morgan fingerprint density at radius 1 is 0.812 bits per heavy atom. The van der Waals surface area contributed by atoms with E-state index in [1.807, 2.05) is 26.0 Å². The minimum atomic E-state index is -3.91. The van der Waals surface area contributed by atoms with Crippen molar-refractivity contribution in [3.63, 3.8) is 0 Å². The van der Waals surface area contributed by atoms with Crippen LogP contribution in [-0.4, -0.2) is 28.5 Å². The third kappa shape index (κ3) is 5.03. The zero-order valence-corrected chi connectivity index (χ0v) is 19.5. The van der Waals surface area contributed by atoms with E-state index in [0.717, 1.165) is 11.1 Å². The maximum Gasteiger partial charge on any atom is 0.262 e. The summed E-state index contributed by atoms with van der Waals surface area (Å²) in [7, 11) is -0.892. The largest absolute Gasteiger partial charge is 0.497 e. The lowest BCUT2D eigenvalue weighted by Crippen LogP contribution is -2.18. The Morgan fingerprint density at radius 3 is 2.22 bits per heavy atom. The molecule has 7 nitrogen and oxygen atoms in total. The highest BCUT2D eigenvalue weighted by Gasteiger charge is 2.21. The lowest BCUT2D eigenvalue weighted by molar-refractivity contribution is 0.102. The molecule has 0 aromatic heterocycles. The number of amides is 1. The Kier molecular flexibility index (Phi) is 6.74. The van der Waals surface area contributed by atoms with Crippen molar-refractivity contribution in [2.24, 2.45) is 0 Å². The van der Waals surface area contributed by atoms with Crippen molar-refractivity contribution < 1.29 is 22.7 Å². The van der Waals surface area contributed by atoms with Crippen LogP contribution in [0.25, 0.3) is 0 Å². The highest BCUT2D eigenvalue weighted by Crippen LogP contribution is 2.30. The number of methoxy groups -OCH3 is 2. The van der Waals surface area contributed by atoms with Crippen LogP contribution in [0.4, 0.5) is 11.4 Å². The molecule has 0 fully saturated rings. The second kappa shape index (κ2) is 9.32. The first kappa shape index (κ1) is 23.1. The summed E-state index contributed by atoms with van der Waals surface area (Å²) in [5.74, 6) is 0.529. The molecular weight excluding hydrogens is 428 g/mol. The lowest BCUT2D eigenvalue weighted by Gasteiger charge is -2.15. The molecule has 0 atom stereocenters. The van der Waals surface area contributed by atoms with Gasteiger partial charge in [-0.05, 0) is 62.2 Å². The van der Waals surface area contributed by atoms with Crippen LogP contribution in [0.2, 0.25) is 0 Å². The molecule has 3 rings (SSSR count). The van der Waals surface area contributed by atoms with Gasteiger partial charge in [0.05, 0.1) is 30.5 Å². The van der Waals surface area contributed by atoms with E-state index in [1.54, 1.807) is 43.3 Å². The summed E-state index contributed by atoms with van der Waals surface area (Å²) in [5.41, 5.74) is 3.47. The van der Waals surface area contributed by atoms with Gasteiger partial charge in [-0.25, -0.2) is 8.42 Å². The van der Waals surface area contributed by atoms with E-state index in [9.17, 15) is 13.2 Å². The molecule has 2 N–H and O–H groups in total. The molecule has 3 aromatic rings. The van der Waals surface area contributed by atoms with Crippen molar-refractivity contribution in [2.75, 3.05) is 24.3 Å². The van der Waals surface area contributed by atoms with Gasteiger partial charge in [0.2, 0.25) is 0 Å².